The highest BCUT2D eigenvalue weighted by atomic mass is 32.2. The van der Waals surface area contributed by atoms with E-state index in [4.69, 9.17) is 4.42 Å². The lowest BCUT2D eigenvalue weighted by Crippen LogP contribution is -2.48. The first-order valence-electron chi connectivity index (χ1n) is 10.5. The Kier molecular flexibility index (Phi) is 6.20. The van der Waals surface area contributed by atoms with Crippen LogP contribution in [0.4, 0.5) is 0 Å². The summed E-state index contributed by atoms with van der Waals surface area (Å²) in [6, 6.07) is 11.9. The number of fused-ring (bicyclic) bond motifs is 1. The van der Waals surface area contributed by atoms with E-state index in [2.05, 4.69) is 20.1 Å². The number of aryl methyl sites for hydroxylation is 1. The smallest absolute Gasteiger partial charge is 0.290 e. The molecule has 0 saturated carbocycles. The number of hydrogen-bond donors (Lipinski definition) is 0. The first-order chi connectivity index (χ1) is 15.7. The minimum Gasteiger partial charge on any atom is -0.451 e. The fourth-order valence-corrected chi connectivity index (χ4v) is 5.73. The number of para-hydroxylation sites is 1. The van der Waals surface area contributed by atoms with Crippen molar-refractivity contribution in [2.24, 2.45) is 0 Å². The molecule has 0 aliphatic carbocycles. The van der Waals surface area contributed by atoms with E-state index in [1.807, 2.05) is 60.6 Å². The van der Waals surface area contributed by atoms with E-state index in [-0.39, 0.29) is 5.91 Å². The second-order valence-electron chi connectivity index (χ2n) is 7.71. The lowest BCUT2D eigenvalue weighted by molar-refractivity contribution is 0.0599. The quantitative estimate of drug-likeness (QED) is 0.394. The molecule has 4 aromatic rings. The van der Waals surface area contributed by atoms with Crippen molar-refractivity contribution in [3.05, 3.63) is 70.7 Å². The van der Waals surface area contributed by atoms with Crippen LogP contribution in [0, 0.1) is 6.92 Å². The third kappa shape index (κ3) is 4.55. The molecule has 0 unspecified atom stereocenters. The number of rotatable bonds is 6. The molecule has 0 spiro atoms. The van der Waals surface area contributed by atoms with Gasteiger partial charge in [0.05, 0.1) is 0 Å². The molecule has 0 bridgehead atoms. The van der Waals surface area contributed by atoms with Crippen LogP contribution in [-0.4, -0.2) is 57.1 Å². The van der Waals surface area contributed by atoms with Gasteiger partial charge < -0.3 is 9.32 Å². The Morgan fingerprint density at radius 3 is 2.62 bits per heavy atom. The van der Waals surface area contributed by atoms with E-state index < -0.39 is 0 Å². The van der Waals surface area contributed by atoms with Gasteiger partial charge in [0.25, 0.3) is 5.91 Å². The number of thioether (sulfide) groups is 1. The predicted molar refractivity (Wildman–Crippen MR) is 126 cm³/mol. The molecule has 4 heterocycles. The summed E-state index contributed by atoms with van der Waals surface area (Å²) < 4.78 is 6.97. The van der Waals surface area contributed by atoms with Crippen LogP contribution in [0.1, 0.15) is 26.7 Å². The van der Waals surface area contributed by atoms with Crippen LogP contribution in [0.15, 0.2) is 57.5 Å². The van der Waals surface area contributed by atoms with Gasteiger partial charge >= 0.3 is 0 Å². The molecular formula is C23H23N5O2S2. The van der Waals surface area contributed by atoms with E-state index in [9.17, 15) is 4.79 Å². The predicted octanol–water partition coefficient (Wildman–Crippen LogP) is 4.24. The van der Waals surface area contributed by atoms with Crippen LogP contribution < -0.4 is 0 Å². The first kappa shape index (κ1) is 21.1. The molecule has 3 aromatic heterocycles. The largest absolute Gasteiger partial charge is 0.451 e. The zero-order valence-corrected chi connectivity index (χ0v) is 19.4. The fraction of sp³-hybridized carbons (Fsp3) is 0.304. The maximum absolute atomic E-state index is 13.4. The van der Waals surface area contributed by atoms with Gasteiger partial charge in [-0.3, -0.25) is 14.7 Å². The topological polar surface area (TPSA) is 75.4 Å². The number of nitrogens with zero attached hydrogens (tertiary/aromatic N) is 5. The SMILES string of the molecule is Cc1nnc(SCc2c(C(=O)N3CCN(Cc4ccncc4)CC3)oc3ccccc23)s1. The number of furan rings is 1. The normalized spacial score (nSPS) is 14.8. The molecule has 1 aliphatic heterocycles. The standard InChI is InChI=1S/C23H23N5O2S2/c1-16-25-26-23(32-16)31-15-19-18-4-2-3-5-20(18)30-21(19)22(29)28-12-10-27(11-13-28)14-17-6-8-24-9-7-17/h2-9H,10-15H2,1H3. The number of pyridine rings is 1. The van der Waals surface area contributed by atoms with Gasteiger partial charge in [-0.25, -0.2) is 0 Å². The molecule has 9 heteroatoms. The summed E-state index contributed by atoms with van der Waals surface area (Å²) in [4.78, 5) is 21.8. The number of piperazine rings is 1. The third-order valence-electron chi connectivity index (χ3n) is 5.56. The van der Waals surface area contributed by atoms with E-state index >= 15 is 0 Å². The Bertz CT molecular complexity index is 1220. The molecule has 0 radical (unpaired) electrons. The summed E-state index contributed by atoms with van der Waals surface area (Å²) in [5, 5.41) is 10.2. The summed E-state index contributed by atoms with van der Waals surface area (Å²) in [5.41, 5.74) is 2.92. The average Bonchev–Trinajstić information content (AvgIpc) is 3.41. The molecule has 1 aliphatic rings. The van der Waals surface area contributed by atoms with Crippen molar-refractivity contribution in [3.8, 4) is 0 Å². The van der Waals surface area contributed by atoms with Crippen molar-refractivity contribution in [2.45, 2.75) is 23.6 Å². The van der Waals surface area contributed by atoms with Gasteiger partial charge in [-0.05, 0) is 30.7 Å². The zero-order chi connectivity index (χ0) is 21.9. The lowest BCUT2D eigenvalue weighted by Gasteiger charge is -2.34. The number of aromatic nitrogens is 3. The van der Waals surface area contributed by atoms with Crippen molar-refractivity contribution < 1.29 is 9.21 Å². The van der Waals surface area contributed by atoms with Crippen LogP contribution in [-0.2, 0) is 12.3 Å². The number of benzene rings is 1. The summed E-state index contributed by atoms with van der Waals surface area (Å²) in [5.74, 6) is 1.03. The van der Waals surface area contributed by atoms with Crippen molar-refractivity contribution >= 4 is 40.0 Å². The first-order valence-corrected chi connectivity index (χ1v) is 12.3. The number of amides is 1. The molecule has 0 N–H and O–H groups in total. The molecular weight excluding hydrogens is 442 g/mol. The van der Waals surface area contributed by atoms with Gasteiger partial charge in [0.2, 0.25) is 0 Å². The molecule has 1 amide bonds. The van der Waals surface area contributed by atoms with Gasteiger partial charge in [0.15, 0.2) is 10.1 Å². The third-order valence-corrected chi connectivity index (χ3v) is 7.55. The number of hydrogen-bond acceptors (Lipinski definition) is 8. The van der Waals surface area contributed by atoms with E-state index in [0.717, 1.165) is 45.5 Å². The second-order valence-corrected chi connectivity index (χ2v) is 10.1. The molecule has 1 saturated heterocycles. The van der Waals surface area contributed by atoms with Gasteiger partial charge in [0.1, 0.15) is 10.6 Å². The maximum Gasteiger partial charge on any atom is 0.290 e. The monoisotopic (exact) mass is 465 g/mol. The van der Waals surface area contributed by atoms with Crippen LogP contribution in [0.5, 0.6) is 0 Å². The Morgan fingerprint density at radius 2 is 1.88 bits per heavy atom. The minimum atomic E-state index is -0.0335. The van der Waals surface area contributed by atoms with Gasteiger partial charge in [-0.2, -0.15) is 0 Å². The fourth-order valence-electron chi connectivity index (χ4n) is 3.88. The van der Waals surface area contributed by atoms with Crippen molar-refractivity contribution in [1.82, 2.24) is 25.0 Å². The minimum absolute atomic E-state index is 0.0335. The van der Waals surface area contributed by atoms with Crippen LogP contribution in [0.25, 0.3) is 11.0 Å². The van der Waals surface area contributed by atoms with Crippen molar-refractivity contribution in [1.29, 1.82) is 0 Å². The highest BCUT2D eigenvalue weighted by Crippen LogP contribution is 2.33. The average molecular weight is 466 g/mol. The summed E-state index contributed by atoms with van der Waals surface area (Å²) in [6.07, 6.45) is 3.64. The van der Waals surface area contributed by atoms with Gasteiger partial charge in [0, 0.05) is 61.8 Å². The highest BCUT2D eigenvalue weighted by molar-refractivity contribution is 8.00. The highest BCUT2D eigenvalue weighted by Gasteiger charge is 2.28. The van der Waals surface area contributed by atoms with Crippen molar-refractivity contribution in [3.63, 3.8) is 0 Å². The van der Waals surface area contributed by atoms with Crippen LogP contribution in [0.2, 0.25) is 0 Å². The molecule has 1 fully saturated rings. The Labute approximate surface area is 194 Å². The molecule has 0 atom stereocenters. The summed E-state index contributed by atoms with van der Waals surface area (Å²) >= 11 is 3.16. The Balaban J connectivity index is 1.31. The number of carbonyl (C=O) groups excluding carboxylic acids is 1. The van der Waals surface area contributed by atoms with Crippen LogP contribution in [0.3, 0.4) is 0 Å². The Hall–Kier alpha value is -2.75. The molecule has 1 aromatic carbocycles. The van der Waals surface area contributed by atoms with Gasteiger partial charge in [-0.1, -0.05) is 41.3 Å². The second kappa shape index (κ2) is 9.40. The molecule has 5 rings (SSSR count). The lowest BCUT2D eigenvalue weighted by atomic mass is 10.1. The van der Waals surface area contributed by atoms with E-state index in [1.165, 1.54) is 5.56 Å². The van der Waals surface area contributed by atoms with Gasteiger partial charge in [-0.15, -0.1) is 10.2 Å². The Morgan fingerprint density at radius 1 is 1.09 bits per heavy atom. The number of carbonyl (C=O) groups is 1. The summed E-state index contributed by atoms with van der Waals surface area (Å²) in [7, 11) is 0. The van der Waals surface area contributed by atoms with Crippen LogP contribution >= 0.6 is 23.1 Å². The molecule has 32 heavy (non-hydrogen) atoms. The molecule has 164 valence electrons. The van der Waals surface area contributed by atoms with Crippen molar-refractivity contribution in [2.75, 3.05) is 26.2 Å². The summed E-state index contributed by atoms with van der Waals surface area (Å²) in [6.45, 7) is 5.85. The van der Waals surface area contributed by atoms with E-state index in [0.29, 0.717) is 24.6 Å². The molecule has 7 nitrogen and oxygen atoms in total. The van der Waals surface area contributed by atoms with E-state index in [1.54, 1.807) is 23.1 Å². The maximum atomic E-state index is 13.4. The zero-order valence-electron chi connectivity index (χ0n) is 17.7.